The maximum Gasteiger partial charge on any atom is 0.417 e. The van der Waals surface area contributed by atoms with E-state index in [1.54, 1.807) is 6.07 Å². The van der Waals surface area contributed by atoms with Crippen LogP contribution in [0.25, 0.3) is 11.3 Å². The normalized spacial score (nSPS) is 18.6. The van der Waals surface area contributed by atoms with Crippen LogP contribution in [0.5, 0.6) is 0 Å². The van der Waals surface area contributed by atoms with Crippen molar-refractivity contribution in [1.82, 2.24) is 29.2 Å². The molecule has 1 atom stereocenters. The van der Waals surface area contributed by atoms with E-state index in [9.17, 15) is 26.4 Å². The van der Waals surface area contributed by atoms with Gasteiger partial charge in [-0.1, -0.05) is 36.4 Å². The summed E-state index contributed by atoms with van der Waals surface area (Å²) < 4.78 is 71.1. The molecule has 0 bridgehead atoms. The van der Waals surface area contributed by atoms with Crippen LogP contribution in [0.1, 0.15) is 67.8 Å². The van der Waals surface area contributed by atoms with E-state index in [1.807, 2.05) is 22.9 Å². The highest BCUT2D eigenvalue weighted by Gasteiger charge is 2.35. The van der Waals surface area contributed by atoms with Crippen molar-refractivity contribution in [3.63, 3.8) is 0 Å². The minimum absolute atomic E-state index is 0.139. The second-order valence-corrected chi connectivity index (χ2v) is 17.5. The van der Waals surface area contributed by atoms with Crippen LogP contribution in [-0.2, 0) is 46.9 Å². The quantitative estimate of drug-likeness (QED) is 0.149. The maximum absolute atomic E-state index is 14.2. The van der Waals surface area contributed by atoms with Gasteiger partial charge in [0.05, 0.1) is 17.5 Å². The summed E-state index contributed by atoms with van der Waals surface area (Å²) in [4.78, 5) is 16.8. The minimum atomic E-state index is -4.51. The molecule has 2 saturated heterocycles. The number of nitrogens with zero attached hydrogens (tertiary/aromatic N) is 5. The van der Waals surface area contributed by atoms with E-state index in [2.05, 4.69) is 34.2 Å². The Morgan fingerprint density at radius 1 is 1.02 bits per heavy atom. The summed E-state index contributed by atoms with van der Waals surface area (Å²) in [6.07, 6.45) is 3.43. The van der Waals surface area contributed by atoms with Gasteiger partial charge in [-0.3, -0.25) is 9.48 Å². The van der Waals surface area contributed by atoms with Gasteiger partial charge in [-0.05, 0) is 69.7 Å². The third kappa shape index (κ3) is 9.79. The molecule has 1 aromatic heterocycles. The number of hydrogen-bond donors (Lipinski definition) is 1. The van der Waals surface area contributed by atoms with Gasteiger partial charge in [0, 0.05) is 98.2 Å². The summed E-state index contributed by atoms with van der Waals surface area (Å²) in [5, 5.41) is 8.41. The number of piperidine rings is 1. The molecular formula is C38H51F3N6O3S2. The van der Waals surface area contributed by atoms with Crippen LogP contribution < -0.4 is 5.32 Å². The molecule has 0 saturated carbocycles. The Morgan fingerprint density at radius 2 is 1.79 bits per heavy atom. The summed E-state index contributed by atoms with van der Waals surface area (Å²) in [5.41, 5.74) is 3.39. The van der Waals surface area contributed by atoms with Gasteiger partial charge < -0.3 is 15.1 Å². The predicted octanol–water partition coefficient (Wildman–Crippen LogP) is 6.07. The number of amides is 1. The van der Waals surface area contributed by atoms with Gasteiger partial charge in [0.2, 0.25) is 15.9 Å². The van der Waals surface area contributed by atoms with Gasteiger partial charge in [0.15, 0.2) is 0 Å². The molecule has 6 rings (SSSR count). The fourth-order valence-corrected chi connectivity index (χ4v) is 9.52. The largest absolute Gasteiger partial charge is 0.417 e. The smallest absolute Gasteiger partial charge is 0.340 e. The number of carbonyl (C=O) groups is 1. The van der Waals surface area contributed by atoms with Crippen LogP contribution in [0, 0.1) is 0 Å². The Morgan fingerprint density at radius 3 is 2.48 bits per heavy atom. The zero-order valence-electron chi connectivity index (χ0n) is 30.2. The third-order valence-electron chi connectivity index (χ3n) is 10.6. The van der Waals surface area contributed by atoms with Crippen molar-refractivity contribution < 1.29 is 26.4 Å². The number of benzene rings is 2. The SMILES string of the molecule is CC(CCc1ccccc1)NCCSc1cc(-c2nn(CCCN3CCC(N4CCCC4=O)CC3)c3c2CN(S(C)(=O)=O)CC3)ccc1C(F)(F)F. The molecule has 2 aromatic carbocycles. The first kappa shape index (κ1) is 38.8. The lowest BCUT2D eigenvalue weighted by Gasteiger charge is -2.36. The highest BCUT2D eigenvalue weighted by Crippen LogP contribution is 2.40. The van der Waals surface area contributed by atoms with Gasteiger partial charge in [0.1, 0.15) is 0 Å². The van der Waals surface area contributed by atoms with Crippen LogP contribution >= 0.6 is 11.8 Å². The lowest BCUT2D eigenvalue weighted by molar-refractivity contribution is -0.139. The summed E-state index contributed by atoms with van der Waals surface area (Å²) in [6.45, 7) is 7.38. The first-order valence-corrected chi connectivity index (χ1v) is 21.4. The van der Waals surface area contributed by atoms with Crippen molar-refractivity contribution in [2.45, 2.75) is 94.5 Å². The number of sulfonamides is 1. The second-order valence-electron chi connectivity index (χ2n) is 14.4. The highest BCUT2D eigenvalue weighted by molar-refractivity contribution is 7.99. The molecule has 0 radical (unpaired) electrons. The van der Waals surface area contributed by atoms with Crippen molar-refractivity contribution in [3.05, 3.63) is 70.9 Å². The monoisotopic (exact) mass is 760 g/mol. The first-order valence-electron chi connectivity index (χ1n) is 18.5. The van der Waals surface area contributed by atoms with E-state index in [1.165, 1.54) is 34.0 Å². The number of hydrogen-bond acceptors (Lipinski definition) is 7. The fourth-order valence-electron chi connectivity index (χ4n) is 7.74. The predicted molar refractivity (Wildman–Crippen MR) is 200 cm³/mol. The number of rotatable bonds is 15. The van der Waals surface area contributed by atoms with E-state index in [0.29, 0.717) is 55.5 Å². The molecule has 9 nitrogen and oxygen atoms in total. The van der Waals surface area contributed by atoms with Gasteiger partial charge in [-0.25, -0.2) is 8.42 Å². The van der Waals surface area contributed by atoms with Crippen LogP contribution in [0.15, 0.2) is 53.4 Å². The van der Waals surface area contributed by atoms with Crippen molar-refractivity contribution in [2.24, 2.45) is 0 Å². The molecule has 1 amide bonds. The molecule has 4 heterocycles. The van der Waals surface area contributed by atoms with Crippen molar-refractivity contribution in [3.8, 4) is 11.3 Å². The summed E-state index contributed by atoms with van der Waals surface area (Å²) in [6, 6.07) is 15.0. The van der Waals surface area contributed by atoms with E-state index in [0.717, 1.165) is 82.0 Å². The number of alkyl halides is 3. The Kier molecular flexibility index (Phi) is 12.7. The Labute approximate surface area is 310 Å². The van der Waals surface area contributed by atoms with Gasteiger partial charge in [0.25, 0.3) is 0 Å². The lowest BCUT2D eigenvalue weighted by atomic mass is 10.0. The van der Waals surface area contributed by atoms with Crippen LogP contribution in [0.4, 0.5) is 13.2 Å². The highest BCUT2D eigenvalue weighted by atomic mass is 32.2. The molecule has 0 aliphatic carbocycles. The van der Waals surface area contributed by atoms with E-state index in [4.69, 9.17) is 5.10 Å². The number of nitrogens with one attached hydrogen (secondary N) is 1. The second kappa shape index (κ2) is 17.0. The number of halogens is 3. The Hall–Kier alpha value is -2.91. The fraction of sp³-hybridized carbons (Fsp3) is 0.579. The van der Waals surface area contributed by atoms with Crippen molar-refractivity contribution >= 4 is 27.7 Å². The van der Waals surface area contributed by atoms with Crippen molar-refractivity contribution in [1.29, 1.82) is 0 Å². The van der Waals surface area contributed by atoms with Crippen molar-refractivity contribution in [2.75, 3.05) is 51.3 Å². The molecule has 2 fully saturated rings. The molecule has 1 N–H and O–H groups in total. The van der Waals surface area contributed by atoms with Gasteiger partial charge in [-0.15, -0.1) is 11.8 Å². The standard InChI is InChI=1S/C38H51F3N6O3S2/c1-28(11-12-29-8-4-3-5-9-29)42-18-25-51-35-26-30(13-14-33(35)38(39,40)41)37-32-27-45(52(2,49)50)24-17-34(32)47(43-37)21-7-19-44-22-15-31(16-23-44)46-20-6-10-36(46)48/h3-5,8-9,13-14,26,28,31,42H,6-7,10-12,15-25,27H2,1-2H3. The van der Waals surface area contributed by atoms with Crippen LogP contribution in [0.3, 0.4) is 0 Å². The van der Waals surface area contributed by atoms with E-state index < -0.39 is 21.8 Å². The summed E-state index contributed by atoms with van der Waals surface area (Å²) in [7, 11) is -3.48. The van der Waals surface area contributed by atoms with E-state index >= 15 is 0 Å². The molecular weight excluding hydrogens is 710 g/mol. The Balaban J connectivity index is 1.13. The summed E-state index contributed by atoms with van der Waals surface area (Å²) >= 11 is 1.18. The van der Waals surface area contributed by atoms with Crippen LogP contribution in [0.2, 0.25) is 0 Å². The number of thioether (sulfide) groups is 1. The molecule has 284 valence electrons. The van der Waals surface area contributed by atoms with Crippen LogP contribution in [-0.4, -0.2) is 102 Å². The number of fused-ring (bicyclic) bond motifs is 1. The number of aryl methyl sites for hydroxylation is 2. The molecule has 3 aliphatic heterocycles. The molecule has 14 heteroatoms. The number of aromatic nitrogens is 2. The lowest BCUT2D eigenvalue weighted by Crippen LogP contribution is -2.45. The number of likely N-dealkylation sites (tertiary alicyclic amines) is 2. The first-order chi connectivity index (χ1) is 24.9. The zero-order chi connectivity index (χ0) is 36.9. The molecule has 1 unspecified atom stereocenters. The molecule has 52 heavy (non-hydrogen) atoms. The molecule has 3 aromatic rings. The number of carbonyl (C=O) groups excluding carboxylic acids is 1. The minimum Gasteiger partial charge on any atom is -0.340 e. The average Bonchev–Trinajstić information content (AvgIpc) is 3.72. The molecule has 3 aliphatic rings. The topological polar surface area (TPSA) is 90.8 Å². The Bertz CT molecular complexity index is 1780. The maximum atomic E-state index is 14.2. The zero-order valence-corrected chi connectivity index (χ0v) is 31.8. The van der Waals surface area contributed by atoms with Gasteiger partial charge in [-0.2, -0.15) is 22.6 Å². The van der Waals surface area contributed by atoms with E-state index in [-0.39, 0.29) is 23.4 Å². The van der Waals surface area contributed by atoms with Gasteiger partial charge >= 0.3 is 6.18 Å². The molecule has 0 spiro atoms. The summed E-state index contributed by atoms with van der Waals surface area (Å²) in [5.74, 6) is 0.741. The third-order valence-corrected chi connectivity index (χ3v) is 12.9. The average molecular weight is 761 g/mol.